The summed E-state index contributed by atoms with van der Waals surface area (Å²) in [6, 6.07) is 24.8. The molecule has 0 aromatic heterocycles. The highest BCUT2D eigenvalue weighted by Crippen LogP contribution is 2.30. The minimum Gasteiger partial charge on any atom is -0.488 e. The molecule has 0 unspecified atom stereocenters. The minimum absolute atomic E-state index is 0.189. The van der Waals surface area contributed by atoms with E-state index < -0.39 is 0 Å². The summed E-state index contributed by atoms with van der Waals surface area (Å²) in [4.78, 5) is 0. The van der Waals surface area contributed by atoms with Crippen LogP contribution in [-0.4, -0.2) is 5.60 Å². The van der Waals surface area contributed by atoms with Gasteiger partial charge in [-0.25, -0.2) is 0 Å². The van der Waals surface area contributed by atoms with Gasteiger partial charge < -0.3 is 9.47 Å². The van der Waals surface area contributed by atoms with Gasteiger partial charge in [0.2, 0.25) is 0 Å². The zero-order valence-corrected chi connectivity index (χ0v) is 17.5. The first kappa shape index (κ1) is 20.0. The highest BCUT2D eigenvalue weighted by Gasteiger charge is 2.17. The van der Waals surface area contributed by atoms with Crippen LogP contribution >= 0.6 is 0 Å². The van der Waals surface area contributed by atoms with Gasteiger partial charge >= 0.3 is 0 Å². The Morgan fingerprint density at radius 1 is 0.750 bits per heavy atom. The third-order valence-electron chi connectivity index (χ3n) is 5.05. The van der Waals surface area contributed by atoms with Crippen LogP contribution in [0.2, 0.25) is 0 Å². The first-order chi connectivity index (χ1) is 13.4. The summed E-state index contributed by atoms with van der Waals surface area (Å²) in [5.74, 6) is 2.96. The summed E-state index contributed by atoms with van der Waals surface area (Å²) in [7, 11) is 0. The summed E-state index contributed by atoms with van der Waals surface area (Å²) in [5, 5.41) is 0. The number of rotatable bonds is 7. The monoisotopic (exact) mass is 374 g/mol. The van der Waals surface area contributed by atoms with Crippen LogP contribution in [0.4, 0.5) is 0 Å². The molecule has 0 aliphatic carbocycles. The predicted molar refractivity (Wildman–Crippen MR) is 117 cm³/mol. The first-order valence-corrected chi connectivity index (χ1v) is 10.0. The van der Waals surface area contributed by atoms with Crippen LogP contribution in [0.1, 0.15) is 52.5 Å². The molecule has 0 radical (unpaired) electrons. The molecule has 0 fully saturated rings. The van der Waals surface area contributed by atoms with E-state index in [4.69, 9.17) is 9.47 Å². The van der Waals surface area contributed by atoms with Gasteiger partial charge in [-0.2, -0.15) is 0 Å². The standard InChI is InChI=1S/C26H30O2/c1-6-26(4,5)28-25-9-7-8-24(18-25)27-23-16-14-22(15-17-23)21-12-10-20(11-13-21)19(2)3/h7-19H,6H2,1-5H3. The molecule has 146 valence electrons. The van der Waals surface area contributed by atoms with Crippen molar-refractivity contribution in [1.29, 1.82) is 0 Å². The van der Waals surface area contributed by atoms with Crippen LogP contribution in [0.5, 0.6) is 17.2 Å². The SMILES string of the molecule is CCC(C)(C)Oc1cccc(Oc2ccc(-c3ccc(C(C)C)cc3)cc2)c1. The molecule has 2 heteroatoms. The fourth-order valence-electron chi connectivity index (χ4n) is 2.90. The van der Waals surface area contributed by atoms with Gasteiger partial charge in [0.05, 0.1) is 0 Å². The fourth-order valence-corrected chi connectivity index (χ4v) is 2.90. The van der Waals surface area contributed by atoms with Crippen molar-refractivity contribution in [1.82, 2.24) is 0 Å². The fraction of sp³-hybridized carbons (Fsp3) is 0.308. The van der Waals surface area contributed by atoms with Crippen molar-refractivity contribution >= 4 is 0 Å². The molecule has 0 atom stereocenters. The maximum absolute atomic E-state index is 6.05. The molecule has 0 saturated heterocycles. The summed E-state index contributed by atoms with van der Waals surface area (Å²) in [6.07, 6.45) is 0.942. The lowest BCUT2D eigenvalue weighted by molar-refractivity contribution is 0.105. The molecule has 0 aliphatic rings. The maximum atomic E-state index is 6.05. The van der Waals surface area contributed by atoms with E-state index in [1.54, 1.807) is 0 Å². The van der Waals surface area contributed by atoms with Crippen LogP contribution in [0, 0.1) is 0 Å². The van der Waals surface area contributed by atoms with Crippen LogP contribution < -0.4 is 9.47 Å². The summed E-state index contributed by atoms with van der Waals surface area (Å²) >= 11 is 0. The number of ether oxygens (including phenoxy) is 2. The topological polar surface area (TPSA) is 18.5 Å². The van der Waals surface area contributed by atoms with Crippen molar-refractivity contribution in [3.63, 3.8) is 0 Å². The lowest BCUT2D eigenvalue weighted by Crippen LogP contribution is -2.26. The van der Waals surface area contributed by atoms with Gasteiger partial charge in [-0.3, -0.25) is 0 Å². The van der Waals surface area contributed by atoms with E-state index in [0.29, 0.717) is 5.92 Å². The van der Waals surface area contributed by atoms with Crippen LogP contribution in [0.15, 0.2) is 72.8 Å². The van der Waals surface area contributed by atoms with Gasteiger partial charge in [0.15, 0.2) is 0 Å². The van der Waals surface area contributed by atoms with Gasteiger partial charge in [-0.15, -0.1) is 0 Å². The number of hydrogen-bond acceptors (Lipinski definition) is 2. The van der Waals surface area contributed by atoms with Crippen LogP contribution in [0.25, 0.3) is 11.1 Å². The zero-order valence-electron chi connectivity index (χ0n) is 17.5. The van der Waals surface area contributed by atoms with E-state index in [-0.39, 0.29) is 5.60 Å². The Morgan fingerprint density at radius 2 is 1.32 bits per heavy atom. The molecule has 0 bridgehead atoms. The Labute approximate surface area is 169 Å². The Balaban J connectivity index is 1.71. The van der Waals surface area contributed by atoms with Gasteiger partial charge in [0.25, 0.3) is 0 Å². The predicted octanol–water partition coefficient (Wildman–Crippen LogP) is 7.84. The van der Waals surface area contributed by atoms with Gasteiger partial charge in [-0.1, -0.05) is 63.2 Å². The lowest BCUT2D eigenvalue weighted by Gasteiger charge is -2.25. The Morgan fingerprint density at radius 3 is 1.89 bits per heavy atom. The molecular weight excluding hydrogens is 344 g/mol. The quantitative estimate of drug-likeness (QED) is 0.419. The normalized spacial score (nSPS) is 11.5. The Kier molecular flexibility index (Phi) is 6.08. The average molecular weight is 375 g/mol. The molecule has 0 aliphatic heterocycles. The largest absolute Gasteiger partial charge is 0.488 e. The lowest BCUT2D eigenvalue weighted by atomic mass is 9.99. The van der Waals surface area contributed by atoms with Crippen LogP contribution in [0.3, 0.4) is 0 Å². The molecule has 0 heterocycles. The van der Waals surface area contributed by atoms with Gasteiger partial charge in [0, 0.05) is 6.07 Å². The minimum atomic E-state index is -0.189. The summed E-state index contributed by atoms with van der Waals surface area (Å²) in [5.41, 5.74) is 3.57. The van der Waals surface area contributed by atoms with E-state index in [2.05, 4.69) is 71.0 Å². The summed E-state index contributed by atoms with van der Waals surface area (Å²) in [6.45, 7) is 10.7. The van der Waals surface area contributed by atoms with Gasteiger partial charge in [-0.05, 0) is 67.1 Å². The molecule has 3 aromatic rings. The van der Waals surface area contributed by atoms with Crippen molar-refractivity contribution < 1.29 is 9.47 Å². The second-order valence-electron chi connectivity index (χ2n) is 8.09. The maximum Gasteiger partial charge on any atom is 0.131 e. The number of benzene rings is 3. The molecule has 0 amide bonds. The van der Waals surface area contributed by atoms with Crippen molar-refractivity contribution in [2.75, 3.05) is 0 Å². The third-order valence-corrected chi connectivity index (χ3v) is 5.05. The highest BCUT2D eigenvalue weighted by molar-refractivity contribution is 5.64. The van der Waals surface area contributed by atoms with Crippen molar-refractivity contribution in [2.45, 2.75) is 52.6 Å². The Bertz CT molecular complexity index is 890. The molecule has 0 spiro atoms. The van der Waals surface area contributed by atoms with Crippen LogP contribution in [-0.2, 0) is 0 Å². The molecule has 0 saturated carbocycles. The average Bonchev–Trinajstić information content (AvgIpc) is 2.69. The van der Waals surface area contributed by atoms with E-state index in [1.165, 1.54) is 16.7 Å². The Hall–Kier alpha value is -2.74. The van der Waals surface area contributed by atoms with E-state index in [9.17, 15) is 0 Å². The van der Waals surface area contributed by atoms with E-state index in [1.807, 2.05) is 36.4 Å². The van der Waals surface area contributed by atoms with Crippen molar-refractivity contribution in [2.24, 2.45) is 0 Å². The van der Waals surface area contributed by atoms with Crippen molar-refractivity contribution in [3.8, 4) is 28.4 Å². The molecule has 3 rings (SSSR count). The molecule has 2 nitrogen and oxygen atoms in total. The second kappa shape index (κ2) is 8.52. The second-order valence-corrected chi connectivity index (χ2v) is 8.09. The molecular formula is C26H30O2. The zero-order chi connectivity index (χ0) is 20.1. The van der Waals surface area contributed by atoms with E-state index >= 15 is 0 Å². The highest BCUT2D eigenvalue weighted by atomic mass is 16.5. The molecule has 28 heavy (non-hydrogen) atoms. The first-order valence-electron chi connectivity index (χ1n) is 10.0. The number of hydrogen-bond donors (Lipinski definition) is 0. The van der Waals surface area contributed by atoms with Crippen molar-refractivity contribution in [3.05, 3.63) is 78.4 Å². The molecule has 0 N–H and O–H groups in total. The van der Waals surface area contributed by atoms with E-state index in [0.717, 1.165) is 23.7 Å². The third kappa shape index (κ3) is 5.16. The molecule has 3 aromatic carbocycles. The van der Waals surface area contributed by atoms with Gasteiger partial charge in [0.1, 0.15) is 22.8 Å². The smallest absolute Gasteiger partial charge is 0.131 e. The summed E-state index contributed by atoms with van der Waals surface area (Å²) < 4.78 is 12.1.